The molecular weight excluding hydrogens is 172 g/mol. The van der Waals surface area contributed by atoms with Crippen LogP contribution in [0.1, 0.15) is 44.2 Å². The lowest BCUT2D eigenvalue weighted by Gasteiger charge is -2.11. The van der Waals surface area contributed by atoms with E-state index >= 15 is 0 Å². The summed E-state index contributed by atoms with van der Waals surface area (Å²) in [4.78, 5) is 0. The van der Waals surface area contributed by atoms with E-state index in [9.17, 15) is 0 Å². The molecule has 1 aromatic rings. The van der Waals surface area contributed by atoms with Crippen molar-refractivity contribution in [3.63, 3.8) is 0 Å². The molecular formula is C12H18N2. The number of nitrogens with one attached hydrogen (secondary N) is 1. The van der Waals surface area contributed by atoms with Crippen LogP contribution in [0.5, 0.6) is 0 Å². The van der Waals surface area contributed by atoms with E-state index in [1.165, 1.54) is 30.5 Å². The number of rotatable bonds is 3. The highest BCUT2D eigenvalue weighted by atomic mass is 15.1. The van der Waals surface area contributed by atoms with Gasteiger partial charge in [0.1, 0.15) is 0 Å². The van der Waals surface area contributed by atoms with E-state index in [1.807, 2.05) is 6.20 Å². The Hall–Kier alpha value is -1.05. The molecule has 2 atom stereocenters. The first-order valence-electron chi connectivity index (χ1n) is 5.48. The van der Waals surface area contributed by atoms with Crippen LogP contribution < -0.4 is 0 Å². The maximum atomic E-state index is 4.26. The van der Waals surface area contributed by atoms with E-state index in [0.717, 1.165) is 12.3 Å². The van der Waals surface area contributed by atoms with Crippen molar-refractivity contribution in [2.75, 3.05) is 0 Å². The van der Waals surface area contributed by atoms with Gasteiger partial charge in [0.2, 0.25) is 0 Å². The van der Waals surface area contributed by atoms with Gasteiger partial charge in [-0.25, -0.2) is 0 Å². The molecule has 76 valence electrons. The van der Waals surface area contributed by atoms with Gasteiger partial charge in [0.25, 0.3) is 0 Å². The smallest absolute Gasteiger partial charge is 0.0653 e. The predicted octanol–water partition coefficient (Wildman–Crippen LogP) is 3.26. The first kappa shape index (κ1) is 9.50. The number of allylic oxidation sites excluding steroid dienone is 1. The molecule has 0 aromatic carbocycles. The highest BCUT2D eigenvalue weighted by molar-refractivity contribution is 5.12. The Balaban J connectivity index is 1.98. The van der Waals surface area contributed by atoms with Crippen molar-refractivity contribution >= 4 is 0 Å². The van der Waals surface area contributed by atoms with Gasteiger partial charge in [0.05, 0.1) is 5.69 Å². The monoisotopic (exact) mass is 190 g/mol. The van der Waals surface area contributed by atoms with Crippen LogP contribution in [0.15, 0.2) is 24.4 Å². The molecule has 1 aliphatic rings. The van der Waals surface area contributed by atoms with Gasteiger partial charge in [-0.15, -0.1) is 0 Å². The normalized spacial score (nSPS) is 26.6. The maximum Gasteiger partial charge on any atom is 0.0653 e. The number of hydrogen-bond acceptors (Lipinski definition) is 1. The second-order valence-electron chi connectivity index (χ2n) is 4.22. The van der Waals surface area contributed by atoms with Gasteiger partial charge in [0, 0.05) is 12.1 Å². The molecule has 0 radical (unpaired) electrons. The van der Waals surface area contributed by atoms with Gasteiger partial charge in [-0.2, -0.15) is 5.10 Å². The van der Waals surface area contributed by atoms with Crippen LogP contribution in [0.25, 0.3) is 0 Å². The molecule has 0 amide bonds. The van der Waals surface area contributed by atoms with Crippen molar-refractivity contribution in [1.29, 1.82) is 0 Å². The minimum atomic E-state index is 0.662. The van der Waals surface area contributed by atoms with Gasteiger partial charge in [-0.1, -0.05) is 19.1 Å². The summed E-state index contributed by atoms with van der Waals surface area (Å²) in [5, 5.41) is 7.16. The summed E-state index contributed by atoms with van der Waals surface area (Å²) in [5.41, 5.74) is 2.65. The Morgan fingerprint density at radius 1 is 1.64 bits per heavy atom. The van der Waals surface area contributed by atoms with E-state index in [0.29, 0.717) is 5.92 Å². The van der Waals surface area contributed by atoms with E-state index in [1.54, 1.807) is 0 Å². The first-order valence-corrected chi connectivity index (χ1v) is 5.48. The summed E-state index contributed by atoms with van der Waals surface area (Å²) in [5.74, 6) is 1.40. The van der Waals surface area contributed by atoms with Crippen LogP contribution in [0, 0.1) is 5.92 Å². The number of nitrogens with zero attached hydrogens (tertiary/aromatic N) is 1. The third-order valence-electron chi connectivity index (χ3n) is 3.40. The number of hydrogen-bond donors (Lipinski definition) is 1. The first-order chi connectivity index (χ1) is 6.81. The van der Waals surface area contributed by atoms with Crippen molar-refractivity contribution in [3.05, 3.63) is 30.1 Å². The second-order valence-corrected chi connectivity index (χ2v) is 4.22. The molecule has 1 saturated carbocycles. The molecule has 2 heteroatoms. The zero-order valence-electron chi connectivity index (χ0n) is 8.79. The average Bonchev–Trinajstić information content (AvgIpc) is 2.86. The van der Waals surface area contributed by atoms with Crippen molar-refractivity contribution < 1.29 is 0 Å². The largest absolute Gasteiger partial charge is 0.285 e. The van der Waals surface area contributed by atoms with Crippen LogP contribution >= 0.6 is 0 Å². The van der Waals surface area contributed by atoms with Gasteiger partial charge in [-0.3, -0.25) is 5.10 Å². The third-order valence-corrected chi connectivity index (χ3v) is 3.40. The minimum Gasteiger partial charge on any atom is -0.285 e. The zero-order valence-corrected chi connectivity index (χ0v) is 8.79. The summed E-state index contributed by atoms with van der Waals surface area (Å²) in [6.45, 7) is 6.34. The van der Waals surface area contributed by atoms with E-state index < -0.39 is 0 Å². The fraction of sp³-hybridized carbons (Fsp3) is 0.583. The summed E-state index contributed by atoms with van der Waals surface area (Å²) in [6, 6.07) is 2.10. The zero-order chi connectivity index (χ0) is 9.97. The van der Waals surface area contributed by atoms with Crippen LogP contribution in [0.2, 0.25) is 0 Å². The topological polar surface area (TPSA) is 28.7 Å². The number of aromatic nitrogens is 2. The molecule has 0 aliphatic heterocycles. The molecule has 2 nitrogen and oxygen atoms in total. The Kier molecular flexibility index (Phi) is 2.71. The molecule has 1 aromatic heterocycles. The molecule has 1 N–H and O–H groups in total. The number of aromatic amines is 1. The molecule has 0 saturated heterocycles. The van der Waals surface area contributed by atoms with Crippen molar-refractivity contribution in [2.45, 2.75) is 38.5 Å². The molecule has 2 rings (SSSR count). The van der Waals surface area contributed by atoms with Crippen LogP contribution in [-0.4, -0.2) is 10.2 Å². The lowest BCUT2D eigenvalue weighted by Crippen LogP contribution is -1.98. The number of H-pyrrole nitrogens is 1. The lowest BCUT2D eigenvalue weighted by atomic mass is 9.95. The SMILES string of the molecule is C=C(CC)C1CCC(c2cc[nH]n2)C1. The standard InChI is InChI=1S/C12H18N2/c1-3-9(2)10-4-5-11(8-10)12-6-7-13-14-12/h6-7,10-11H,2-5,8H2,1H3,(H,13,14). The highest BCUT2D eigenvalue weighted by Crippen LogP contribution is 2.40. The Labute approximate surface area is 85.4 Å². The van der Waals surface area contributed by atoms with E-state index in [-0.39, 0.29) is 0 Å². The summed E-state index contributed by atoms with van der Waals surface area (Å²) < 4.78 is 0. The van der Waals surface area contributed by atoms with Gasteiger partial charge in [-0.05, 0) is 37.7 Å². The molecule has 0 bridgehead atoms. The van der Waals surface area contributed by atoms with E-state index in [2.05, 4.69) is 29.8 Å². The Morgan fingerprint density at radius 3 is 3.14 bits per heavy atom. The molecule has 1 fully saturated rings. The predicted molar refractivity (Wildman–Crippen MR) is 58.1 cm³/mol. The molecule has 0 spiro atoms. The minimum absolute atomic E-state index is 0.662. The average molecular weight is 190 g/mol. The van der Waals surface area contributed by atoms with Gasteiger partial charge in [0.15, 0.2) is 0 Å². The third kappa shape index (κ3) is 1.74. The Bertz CT molecular complexity index is 300. The van der Waals surface area contributed by atoms with Gasteiger partial charge >= 0.3 is 0 Å². The fourth-order valence-corrected chi connectivity index (χ4v) is 2.41. The van der Waals surface area contributed by atoms with E-state index in [4.69, 9.17) is 0 Å². The molecule has 14 heavy (non-hydrogen) atoms. The maximum absolute atomic E-state index is 4.26. The second kappa shape index (κ2) is 3.99. The van der Waals surface area contributed by atoms with Crippen molar-refractivity contribution in [3.8, 4) is 0 Å². The molecule has 2 unspecified atom stereocenters. The van der Waals surface area contributed by atoms with Crippen molar-refractivity contribution in [1.82, 2.24) is 10.2 Å². The molecule has 1 aliphatic carbocycles. The van der Waals surface area contributed by atoms with Crippen molar-refractivity contribution in [2.24, 2.45) is 5.92 Å². The molecule has 1 heterocycles. The Morgan fingerprint density at radius 2 is 2.50 bits per heavy atom. The van der Waals surface area contributed by atoms with Crippen LogP contribution in [0.4, 0.5) is 0 Å². The highest BCUT2D eigenvalue weighted by Gasteiger charge is 2.27. The summed E-state index contributed by atoms with van der Waals surface area (Å²) in [7, 11) is 0. The van der Waals surface area contributed by atoms with Crippen LogP contribution in [0.3, 0.4) is 0 Å². The van der Waals surface area contributed by atoms with Crippen LogP contribution in [-0.2, 0) is 0 Å². The van der Waals surface area contributed by atoms with Gasteiger partial charge < -0.3 is 0 Å². The summed E-state index contributed by atoms with van der Waals surface area (Å²) >= 11 is 0. The summed E-state index contributed by atoms with van der Waals surface area (Å²) in [6.07, 6.45) is 6.85. The fourth-order valence-electron chi connectivity index (χ4n) is 2.41. The lowest BCUT2D eigenvalue weighted by molar-refractivity contribution is 0.602. The quantitative estimate of drug-likeness (QED) is 0.728.